The number of ether oxygens (including phenoxy) is 1. The van der Waals surface area contributed by atoms with Gasteiger partial charge in [-0.25, -0.2) is 18.4 Å². The first-order valence-electron chi connectivity index (χ1n) is 10.8. The Balaban J connectivity index is 1.32. The van der Waals surface area contributed by atoms with E-state index in [0.29, 0.717) is 6.54 Å². The van der Waals surface area contributed by atoms with E-state index in [4.69, 9.17) is 4.74 Å². The van der Waals surface area contributed by atoms with Crippen molar-refractivity contribution in [2.45, 2.75) is 37.1 Å². The van der Waals surface area contributed by atoms with Crippen LogP contribution in [0.2, 0.25) is 0 Å². The first kappa shape index (κ1) is 22.2. The second-order valence-corrected chi connectivity index (χ2v) is 8.35. The van der Waals surface area contributed by atoms with Crippen molar-refractivity contribution in [1.29, 1.82) is 0 Å². The first-order valence-corrected chi connectivity index (χ1v) is 10.8. The fourth-order valence-electron chi connectivity index (χ4n) is 4.46. The molecule has 32 heavy (non-hydrogen) atoms. The summed E-state index contributed by atoms with van der Waals surface area (Å²) in [6.07, 6.45) is -1.15. The summed E-state index contributed by atoms with van der Waals surface area (Å²) in [4.78, 5) is 25.8. The lowest BCUT2D eigenvalue weighted by Crippen LogP contribution is -2.45. The van der Waals surface area contributed by atoms with Gasteiger partial charge in [-0.15, -0.1) is 0 Å². The summed E-state index contributed by atoms with van der Waals surface area (Å²) in [5.41, 5.74) is 4.34. The van der Waals surface area contributed by atoms with Gasteiger partial charge in [0.1, 0.15) is 12.6 Å². The van der Waals surface area contributed by atoms with E-state index in [2.05, 4.69) is 5.32 Å². The number of carbonyl (C=O) groups excluding carboxylic acids is 1. The lowest BCUT2D eigenvalue weighted by atomic mass is 9.98. The summed E-state index contributed by atoms with van der Waals surface area (Å²) in [7, 11) is 0. The number of amides is 1. The summed E-state index contributed by atoms with van der Waals surface area (Å²) in [5, 5.41) is 11.9. The maximum Gasteiger partial charge on any atom is 0.407 e. The summed E-state index contributed by atoms with van der Waals surface area (Å²) in [6, 6.07) is 14.7. The number of alkyl halides is 2. The van der Waals surface area contributed by atoms with Gasteiger partial charge in [0.05, 0.1) is 0 Å². The molecular formula is C24H26F2N2O4. The number of halogens is 2. The fourth-order valence-corrected chi connectivity index (χ4v) is 4.46. The molecule has 1 fully saturated rings. The van der Waals surface area contributed by atoms with E-state index in [1.165, 1.54) is 0 Å². The molecule has 1 aliphatic heterocycles. The van der Waals surface area contributed by atoms with Crippen LogP contribution in [-0.2, 0) is 9.53 Å². The zero-order chi connectivity index (χ0) is 22.7. The Hall–Kier alpha value is -3.00. The Labute approximate surface area is 185 Å². The van der Waals surface area contributed by atoms with E-state index in [1.807, 2.05) is 48.5 Å². The van der Waals surface area contributed by atoms with Crippen molar-refractivity contribution in [2.24, 2.45) is 0 Å². The van der Waals surface area contributed by atoms with Crippen LogP contribution in [0.4, 0.5) is 13.6 Å². The highest BCUT2D eigenvalue weighted by molar-refractivity contribution is 5.81. The predicted octanol–water partition coefficient (Wildman–Crippen LogP) is 4.10. The minimum Gasteiger partial charge on any atom is -0.480 e. The number of likely N-dealkylation sites (tertiary alicyclic amines) is 1. The molecule has 0 aromatic heterocycles. The number of carboxylic acids is 1. The van der Waals surface area contributed by atoms with Crippen LogP contribution in [-0.4, -0.2) is 60.3 Å². The monoisotopic (exact) mass is 444 g/mol. The van der Waals surface area contributed by atoms with Crippen molar-refractivity contribution in [3.8, 4) is 11.1 Å². The number of carboxylic acid groups (broad SMARTS) is 1. The molecule has 1 amide bonds. The zero-order valence-electron chi connectivity index (χ0n) is 17.6. The van der Waals surface area contributed by atoms with Crippen molar-refractivity contribution >= 4 is 12.1 Å². The predicted molar refractivity (Wildman–Crippen MR) is 115 cm³/mol. The molecule has 2 aromatic rings. The number of nitrogens with zero attached hydrogens (tertiary/aromatic N) is 1. The molecular weight excluding hydrogens is 418 g/mol. The van der Waals surface area contributed by atoms with Crippen LogP contribution in [0.1, 0.15) is 36.3 Å². The highest BCUT2D eigenvalue weighted by atomic mass is 19.3. The van der Waals surface area contributed by atoms with Crippen molar-refractivity contribution in [3.05, 3.63) is 59.7 Å². The van der Waals surface area contributed by atoms with Crippen LogP contribution in [0.15, 0.2) is 48.5 Å². The summed E-state index contributed by atoms with van der Waals surface area (Å²) in [5.74, 6) is -3.95. The summed E-state index contributed by atoms with van der Waals surface area (Å²) in [6.45, 7) is 0.832. The molecule has 1 heterocycles. The number of piperidine rings is 1. The Kier molecular flexibility index (Phi) is 6.41. The van der Waals surface area contributed by atoms with Gasteiger partial charge >= 0.3 is 12.1 Å². The molecule has 1 atom stereocenters. The van der Waals surface area contributed by atoms with Gasteiger partial charge in [0.25, 0.3) is 5.92 Å². The van der Waals surface area contributed by atoms with E-state index in [9.17, 15) is 23.5 Å². The van der Waals surface area contributed by atoms with Crippen LogP contribution in [0, 0.1) is 0 Å². The van der Waals surface area contributed by atoms with Crippen molar-refractivity contribution in [1.82, 2.24) is 10.2 Å². The minimum atomic E-state index is -2.65. The fraction of sp³-hybridized carbons (Fsp3) is 0.417. The Morgan fingerprint density at radius 2 is 1.62 bits per heavy atom. The maximum absolute atomic E-state index is 13.3. The van der Waals surface area contributed by atoms with Crippen LogP contribution < -0.4 is 5.32 Å². The quantitative estimate of drug-likeness (QED) is 0.672. The van der Waals surface area contributed by atoms with E-state index < -0.39 is 24.0 Å². The molecule has 8 heteroatoms. The number of hydrogen-bond acceptors (Lipinski definition) is 4. The third kappa shape index (κ3) is 4.91. The van der Waals surface area contributed by atoms with Gasteiger partial charge in [0.2, 0.25) is 0 Å². The van der Waals surface area contributed by atoms with Gasteiger partial charge in [-0.05, 0) is 28.7 Å². The molecule has 1 aliphatic carbocycles. The zero-order valence-corrected chi connectivity index (χ0v) is 17.6. The molecule has 6 nitrogen and oxygen atoms in total. The van der Waals surface area contributed by atoms with Crippen LogP contribution in [0.5, 0.6) is 0 Å². The molecule has 170 valence electrons. The molecule has 0 bridgehead atoms. The number of hydrogen-bond donors (Lipinski definition) is 2. The van der Waals surface area contributed by atoms with Crippen LogP contribution in [0.25, 0.3) is 11.1 Å². The van der Waals surface area contributed by atoms with Gasteiger partial charge in [-0.2, -0.15) is 0 Å². The second-order valence-electron chi connectivity index (χ2n) is 8.35. The third-order valence-corrected chi connectivity index (χ3v) is 6.26. The van der Waals surface area contributed by atoms with Gasteiger partial charge < -0.3 is 20.1 Å². The molecule has 4 rings (SSSR count). The normalized spacial score (nSPS) is 18.4. The highest BCUT2D eigenvalue weighted by Crippen LogP contribution is 2.44. The first-order chi connectivity index (χ1) is 15.3. The molecule has 0 saturated carbocycles. The second kappa shape index (κ2) is 9.24. The van der Waals surface area contributed by atoms with Crippen molar-refractivity contribution in [3.63, 3.8) is 0 Å². The third-order valence-electron chi connectivity index (χ3n) is 6.26. The summed E-state index contributed by atoms with van der Waals surface area (Å²) < 4.78 is 32.0. The lowest BCUT2D eigenvalue weighted by molar-refractivity contribution is -0.139. The Morgan fingerprint density at radius 1 is 1.06 bits per heavy atom. The topological polar surface area (TPSA) is 78.9 Å². The number of rotatable bonds is 7. The van der Waals surface area contributed by atoms with E-state index in [-0.39, 0.29) is 44.9 Å². The molecule has 0 unspecified atom stereocenters. The smallest absolute Gasteiger partial charge is 0.407 e. The number of fused-ring (bicyclic) bond motifs is 3. The number of carbonyl (C=O) groups is 2. The standard InChI is InChI=1S/C24H26F2N2O4/c25-24(26)10-13-28(14-11-24)12-9-21(22(29)30)27-23(31)32-15-20-18-7-3-1-5-16(18)17-6-2-4-8-19(17)20/h1-8,20-21H,9-15H2,(H,27,31)(H,29,30)/t21-/m0/s1. The van der Waals surface area contributed by atoms with Crippen molar-refractivity contribution < 1.29 is 28.2 Å². The highest BCUT2D eigenvalue weighted by Gasteiger charge is 2.34. The minimum absolute atomic E-state index is 0.0907. The average molecular weight is 444 g/mol. The SMILES string of the molecule is O=C(N[C@@H](CCN1CCC(F)(F)CC1)C(=O)O)OCC1c2ccccc2-c2ccccc21. The van der Waals surface area contributed by atoms with E-state index in [1.54, 1.807) is 4.90 Å². The number of nitrogens with one attached hydrogen (secondary N) is 1. The molecule has 0 spiro atoms. The maximum atomic E-state index is 13.3. The van der Waals surface area contributed by atoms with Gasteiger partial charge in [0.15, 0.2) is 0 Å². The Morgan fingerprint density at radius 3 is 2.19 bits per heavy atom. The Bertz CT molecular complexity index is 942. The summed E-state index contributed by atoms with van der Waals surface area (Å²) >= 11 is 0. The molecule has 2 N–H and O–H groups in total. The van der Waals surface area contributed by atoms with E-state index >= 15 is 0 Å². The van der Waals surface area contributed by atoms with E-state index in [0.717, 1.165) is 22.3 Å². The van der Waals surface area contributed by atoms with Gasteiger partial charge in [0, 0.05) is 38.4 Å². The van der Waals surface area contributed by atoms with Gasteiger partial charge in [-0.1, -0.05) is 48.5 Å². The number of benzene rings is 2. The lowest BCUT2D eigenvalue weighted by Gasteiger charge is -2.32. The largest absolute Gasteiger partial charge is 0.480 e. The van der Waals surface area contributed by atoms with Crippen LogP contribution >= 0.6 is 0 Å². The molecule has 2 aromatic carbocycles. The van der Waals surface area contributed by atoms with Crippen molar-refractivity contribution in [2.75, 3.05) is 26.2 Å². The molecule has 0 radical (unpaired) electrons. The average Bonchev–Trinajstić information content (AvgIpc) is 3.09. The molecule has 2 aliphatic rings. The van der Waals surface area contributed by atoms with Crippen LogP contribution in [0.3, 0.4) is 0 Å². The van der Waals surface area contributed by atoms with Gasteiger partial charge in [-0.3, -0.25) is 0 Å². The number of alkyl carbamates (subject to hydrolysis) is 1. The number of aliphatic carboxylic acids is 1. The molecule has 1 saturated heterocycles.